The van der Waals surface area contributed by atoms with E-state index in [1.165, 1.54) is 51.0 Å². The molecule has 0 spiro atoms. The molecule has 1 aliphatic carbocycles. The summed E-state index contributed by atoms with van der Waals surface area (Å²) < 4.78 is 48.2. The van der Waals surface area contributed by atoms with Crippen molar-refractivity contribution in [3.8, 4) is 17.0 Å². The summed E-state index contributed by atoms with van der Waals surface area (Å²) >= 11 is 0. The van der Waals surface area contributed by atoms with Gasteiger partial charge in [0.15, 0.2) is 11.9 Å². The molecule has 0 amide bonds. The number of ether oxygens (including phenoxy) is 1. The van der Waals surface area contributed by atoms with Gasteiger partial charge >= 0.3 is 6.18 Å². The number of hydrogen-bond donors (Lipinski definition) is 1. The van der Waals surface area contributed by atoms with E-state index >= 15 is 0 Å². The van der Waals surface area contributed by atoms with E-state index in [-0.39, 0.29) is 11.4 Å². The van der Waals surface area contributed by atoms with Crippen LogP contribution in [0.2, 0.25) is 0 Å². The lowest BCUT2D eigenvalue weighted by molar-refractivity contribution is -0.160. The molecule has 1 N–H and O–H groups in total. The maximum Gasteiger partial charge on any atom is 0.416 e. The zero-order valence-electron chi connectivity index (χ0n) is 20.0. The van der Waals surface area contributed by atoms with Crippen molar-refractivity contribution in [1.29, 1.82) is 0 Å². The van der Waals surface area contributed by atoms with Crippen LogP contribution in [0.25, 0.3) is 11.3 Å². The van der Waals surface area contributed by atoms with E-state index < -0.39 is 12.2 Å². The quantitative estimate of drug-likeness (QED) is 0.499. The third-order valence-electron chi connectivity index (χ3n) is 6.95. The zero-order valence-corrected chi connectivity index (χ0v) is 20.0. The molecule has 12 heteroatoms. The van der Waals surface area contributed by atoms with Crippen LogP contribution in [0.15, 0.2) is 36.8 Å². The van der Waals surface area contributed by atoms with Gasteiger partial charge in [0.1, 0.15) is 11.4 Å². The molecule has 0 radical (unpaired) electrons. The van der Waals surface area contributed by atoms with E-state index in [1.807, 2.05) is 0 Å². The molecule has 0 aromatic carbocycles. The van der Waals surface area contributed by atoms with Crippen molar-refractivity contribution in [2.45, 2.75) is 50.4 Å². The van der Waals surface area contributed by atoms with Crippen molar-refractivity contribution < 1.29 is 17.9 Å². The number of piperidine rings is 1. The topological polar surface area (TPSA) is 93.9 Å². The number of alkyl halides is 3. The van der Waals surface area contributed by atoms with Gasteiger partial charge in [-0.1, -0.05) is 11.6 Å². The van der Waals surface area contributed by atoms with Gasteiger partial charge in [0.2, 0.25) is 0 Å². The smallest absolute Gasteiger partial charge is 0.416 e. The number of halogens is 3. The maximum atomic E-state index is 14.1. The molecule has 1 aliphatic heterocycles. The molecule has 2 fully saturated rings. The number of rotatable bonds is 8. The van der Waals surface area contributed by atoms with Crippen LogP contribution in [-0.4, -0.2) is 69.1 Å². The molecule has 192 valence electrons. The molecule has 1 saturated carbocycles. The summed E-state index contributed by atoms with van der Waals surface area (Å²) in [4.78, 5) is 6.11. The highest BCUT2D eigenvalue weighted by Crippen LogP contribution is 2.36. The first kappa shape index (κ1) is 24.4. The molecule has 36 heavy (non-hydrogen) atoms. The molecule has 2 atom stereocenters. The second kappa shape index (κ2) is 10.4. The lowest BCUT2D eigenvalue weighted by Crippen LogP contribution is -2.47. The van der Waals surface area contributed by atoms with Gasteiger partial charge in [-0.15, -0.1) is 10.2 Å². The van der Waals surface area contributed by atoms with Gasteiger partial charge in [-0.25, -0.2) is 4.68 Å². The molecule has 1 unspecified atom stereocenters. The Kier molecular flexibility index (Phi) is 7.04. The summed E-state index contributed by atoms with van der Waals surface area (Å²) in [6.07, 6.45) is 5.56. The van der Waals surface area contributed by atoms with E-state index in [0.717, 1.165) is 43.1 Å². The number of nitrogens with zero attached hydrogens (tertiary/aromatic N) is 7. The SMILES string of the molecule is COc1cncc(-c2cn(C(c3ccc(N4CCC[C@@H](NCC5CCC5)C4)nn3)C(F)(F)F)nn2)c1. The molecular weight excluding hydrogens is 473 g/mol. The molecular formula is C24H29F3N8O. The van der Waals surface area contributed by atoms with Crippen LogP contribution in [0.3, 0.4) is 0 Å². The Morgan fingerprint density at radius 3 is 2.67 bits per heavy atom. The minimum Gasteiger partial charge on any atom is -0.495 e. The van der Waals surface area contributed by atoms with Gasteiger partial charge in [-0.3, -0.25) is 4.98 Å². The van der Waals surface area contributed by atoms with Gasteiger partial charge < -0.3 is 15.0 Å². The second-order valence-corrected chi connectivity index (χ2v) is 9.45. The fourth-order valence-corrected chi connectivity index (χ4v) is 4.69. The van der Waals surface area contributed by atoms with Crippen molar-refractivity contribution in [2.75, 3.05) is 31.6 Å². The fourth-order valence-electron chi connectivity index (χ4n) is 4.69. The lowest BCUT2D eigenvalue weighted by Gasteiger charge is -2.35. The van der Waals surface area contributed by atoms with Gasteiger partial charge in [0, 0.05) is 30.9 Å². The monoisotopic (exact) mass is 502 g/mol. The molecule has 3 aromatic rings. The van der Waals surface area contributed by atoms with Gasteiger partial charge in [0.25, 0.3) is 0 Å². The van der Waals surface area contributed by atoms with E-state index in [0.29, 0.717) is 23.2 Å². The Morgan fingerprint density at radius 1 is 1.11 bits per heavy atom. The number of pyridine rings is 1. The summed E-state index contributed by atoms with van der Waals surface area (Å²) in [5.41, 5.74) is 0.491. The highest BCUT2D eigenvalue weighted by atomic mass is 19.4. The largest absolute Gasteiger partial charge is 0.495 e. The maximum absolute atomic E-state index is 14.1. The first-order valence-corrected chi connectivity index (χ1v) is 12.2. The predicted octanol–water partition coefficient (Wildman–Crippen LogP) is 3.65. The molecule has 3 aromatic heterocycles. The van der Waals surface area contributed by atoms with Crippen molar-refractivity contribution in [3.63, 3.8) is 0 Å². The fraction of sp³-hybridized carbons (Fsp3) is 0.542. The van der Waals surface area contributed by atoms with Crippen LogP contribution >= 0.6 is 0 Å². The highest BCUT2D eigenvalue weighted by molar-refractivity contribution is 5.58. The van der Waals surface area contributed by atoms with Crippen molar-refractivity contribution in [1.82, 2.24) is 35.5 Å². The van der Waals surface area contributed by atoms with Crippen LogP contribution in [0.1, 0.15) is 43.8 Å². The van der Waals surface area contributed by atoms with Crippen molar-refractivity contribution in [3.05, 3.63) is 42.5 Å². The molecule has 5 rings (SSSR count). The average Bonchev–Trinajstić information content (AvgIpc) is 3.32. The van der Waals surface area contributed by atoms with E-state index in [4.69, 9.17) is 4.74 Å². The first-order valence-electron chi connectivity index (χ1n) is 12.2. The standard InChI is InChI=1S/C24H29F3N8O/c1-36-19-10-17(12-28-13-19)21-15-35(33-31-21)23(24(25,26)27)20-7-8-22(32-30-20)34-9-3-6-18(14-34)29-11-16-4-2-5-16/h7-8,10,12-13,15-16,18,23,29H,2-6,9,11,14H2,1H3/t18-,23?/m1/s1. The summed E-state index contributed by atoms with van der Waals surface area (Å²) in [6.45, 7) is 2.60. The second-order valence-electron chi connectivity index (χ2n) is 9.45. The average molecular weight is 503 g/mol. The number of aromatic nitrogens is 6. The predicted molar refractivity (Wildman–Crippen MR) is 127 cm³/mol. The van der Waals surface area contributed by atoms with E-state index in [1.54, 1.807) is 12.1 Å². The van der Waals surface area contributed by atoms with Gasteiger partial charge in [-0.05, 0) is 56.3 Å². The summed E-state index contributed by atoms with van der Waals surface area (Å²) in [5, 5.41) is 19.5. The Hall–Kier alpha value is -3.28. The minimum atomic E-state index is -4.64. The molecule has 2 aliphatic rings. The summed E-state index contributed by atoms with van der Waals surface area (Å²) in [6, 6.07) is 2.85. The number of hydrogen-bond acceptors (Lipinski definition) is 8. The molecule has 9 nitrogen and oxygen atoms in total. The number of anilines is 1. The van der Waals surface area contributed by atoms with E-state index in [9.17, 15) is 13.2 Å². The summed E-state index contributed by atoms with van der Waals surface area (Å²) in [7, 11) is 1.48. The van der Waals surface area contributed by atoms with Crippen molar-refractivity contribution >= 4 is 5.82 Å². The normalized spacial score (nSPS) is 19.7. The van der Waals surface area contributed by atoms with Crippen LogP contribution in [0, 0.1) is 5.92 Å². The van der Waals surface area contributed by atoms with Gasteiger partial charge in [0.05, 0.1) is 25.2 Å². The van der Waals surface area contributed by atoms with Crippen LogP contribution < -0.4 is 15.0 Å². The Bertz CT molecular complexity index is 1150. The highest BCUT2D eigenvalue weighted by Gasteiger charge is 2.44. The van der Waals surface area contributed by atoms with Crippen LogP contribution in [0.5, 0.6) is 5.75 Å². The molecule has 0 bridgehead atoms. The Morgan fingerprint density at radius 2 is 1.97 bits per heavy atom. The Balaban J connectivity index is 1.31. The van der Waals surface area contributed by atoms with E-state index in [2.05, 4.69) is 35.7 Å². The third kappa shape index (κ3) is 5.43. The Labute approximate surface area is 207 Å². The zero-order chi connectivity index (χ0) is 25.1. The third-order valence-corrected chi connectivity index (χ3v) is 6.95. The number of nitrogens with one attached hydrogen (secondary N) is 1. The van der Waals surface area contributed by atoms with Crippen LogP contribution in [-0.2, 0) is 0 Å². The molecule has 4 heterocycles. The minimum absolute atomic E-state index is 0.244. The van der Waals surface area contributed by atoms with Gasteiger partial charge in [-0.2, -0.15) is 18.3 Å². The van der Waals surface area contributed by atoms with Crippen LogP contribution in [0.4, 0.5) is 19.0 Å². The molecule has 1 saturated heterocycles. The number of methoxy groups -OCH3 is 1. The van der Waals surface area contributed by atoms with Crippen molar-refractivity contribution in [2.24, 2.45) is 5.92 Å². The summed E-state index contributed by atoms with van der Waals surface area (Å²) in [5.74, 6) is 1.82. The first-order chi connectivity index (χ1) is 17.4. The lowest BCUT2D eigenvalue weighted by atomic mass is 9.85.